The minimum atomic E-state index is -0.711. The van der Waals surface area contributed by atoms with Crippen LogP contribution in [0.1, 0.15) is 68.7 Å². The molecule has 0 aromatic heterocycles. The first-order chi connectivity index (χ1) is 22.0. The summed E-state index contributed by atoms with van der Waals surface area (Å²) >= 11 is 0. The molecule has 2 N–H and O–H groups in total. The Labute approximate surface area is 264 Å². The van der Waals surface area contributed by atoms with E-state index in [1.54, 1.807) is 18.2 Å². The van der Waals surface area contributed by atoms with Crippen molar-refractivity contribution in [3.63, 3.8) is 0 Å². The molecule has 4 aromatic rings. The molecule has 0 aliphatic carbocycles. The van der Waals surface area contributed by atoms with E-state index >= 15 is 0 Å². The van der Waals surface area contributed by atoms with Crippen molar-refractivity contribution in [1.29, 1.82) is 0 Å². The molecule has 232 valence electrons. The van der Waals surface area contributed by atoms with E-state index in [4.69, 9.17) is 14.2 Å². The van der Waals surface area contributed by atoms with Crippen molar-refractivity contribution >= 4 is 11.9 Å². The molecule has 0 radical (unpaired) electrons. The summed E-state index contributed by atoms with van der Waals surface area (Å²) in [5.74, 6) is 0.0485. The fourth-order valence-electron chi connectivity index (χ4n) is 6.39. The summed E-state index contributed by atoms with van der Waals surface area (Å²) in [4.78, 5) is 26.5. The van der Waals surface area contributed by atoms with Crippen LogP contribution in [0.4, 0.5) is 0 Å². The van der Waals surface area contributed by atoms with Crippen LogP contribution in [0, 0.1) is 6.92 Å². The van der Waals surface area contributed by atoms with Crippen molar-refractivity contribution in [1.82, 2.24) is 10.6 Å². The summed E-state index contributed by atoms with van der Waals surface area (Å²) in [7, 11) is 0. The third-order valence-electron chi connectivity index (χ3n) is 8.97. The largest absolute Gasteiger partial charge is 0.489 e. The molecule has 2 aliphatic rings. The van der Waals surface area contributed by atoms with E-state index in [0.29, 0.717) is 36.3 Å². The van der Waals surface area contributed by atoms with Gasteiger partial charge in [-0.05, 0) is 91.8 Å². The second kappa shape index (κ2) is 13.7. The molecule has 2 aliphatic heterocycles. The van der Waals surface area contributed by atoms with Crippen LogP contribution in [0.2, 0.25) is 0 Å². The number of carbonyl (C=O) groups excluding carboxylic acids is 2. The van der Waals surface area contributed by atoms with Gasteiger partial charge in [0.25, 0.3) is 0 Å². The van der Waals surface area contributed by atoms with Gasteiger partial charge in [0.15, 0.2) is 0 Å². The number of hydrogen-bond acceptors (Lipinski definition) is 7. The van der Waals surface area contributed by atoms with E-state index in [9.17, 15) is 9.59 Å². The van der Waals surface area contributed by atoms with Crippen LogP contribution in [0.3, 0.4) is 0 Å². The number of ether oxygens (including phenoxy) is 3. The van der Waals surface area contributed by atoms with Gasteiger partial charge in [-0.3, -0.25) is 0 Å². The molecule has 0 saturated carbocycles. The standard InChI is InChI=1S/C38H40N2O5/c1-28-25-31(36(42)45-37(17-21-39-22-18-37)32-12-6-3-7-13-32)15-16-34(28)43-27-29-9-8-14-33(26-29)38(19-23-40-24-20-38)44-35(41)30-10-4-2-5-11-30/h2-16,25-26,39-40H,17-24,27H2,1H3. The zero-order chi connectivity index (χ0) is 31.1. The Morgan fingerprint density at radius 3 is 1.80 bits per heavy atom. The highest BCUT2D eigenvalue weighted by Crippen LogP contribution is 2.37. The number of nitrogens with one attached hydrogen (secondary N) is 2. The van der Waals surface area contributed by atoms with Gasteiger partial charge >= 0.3 is 11.9 Å². The van der Waals surface area contributed by atoms with E-state index < -0.39 is 11.2 Å². The zero-order valence-electron chi connectivity index (χ0n) is 25.7. The number of aryl methyl sites for hydroxylation is 1. The highest BCUT2D eigenvalue weighted by atomic mass is 16.6. The minimum Gasteiger partial charge on any atom is -0.489 e. The van der Waals surface area contributed by atoms with Gasteiger partial charge in [0.1, 0.15) is 23.6 Å². The van der Waals surface area contributed by atoms with Crippen molar-refractivity contribution in [2.45, 2.75) is 50.4 Å². The maximum atomic E-state index is 13.4. The van der Waals surface area contributed by atoms with Gasteiger partial charge < -0.3 is 24.8 Å². The summed E-state index contributed by atoms with van der Waals surface area (Å²) < 4.78 is 18.7. The number of hydrogen-bond donors (Lipinski definition) is 2. The molecule has 0 bridgehead atoms. The van der Waals surface area contributed by atoms with Crippen molar-refractivity contribution in [3.8, 4) is 5.75 Å². The summed E-state index contributed by atoms with van der Waals surface area (Å²) in [6.45, 7) is 5.39. The Morgan fingerprint density at radius 2 is 1.18 bits per heavy atom. The molecule has 7 heteroatoms. The minimum absolute atomic E-state index is 0.316. The van der Waals surface area contributed by atoms with Gasteiger partial charge in [-0.1, -0.05) is 66.7 Å². The quantitative estimate of drug-likeness (QED) is 0.213. The average Bonchev–Trinajstić information content (AvgIpc) is 3.09. The number of benzene rings is 4. The van der Waals surface area contributed by atoms with E-state index in [0.717, 1.165) is 61.3 Å². The van der Waals surface area contributed by atoms with Crippen LogP contribution >= 0.6 is 0 Å². The lowest BCUT2D eigenvalue weighted by atomic mass is 9.84. The Hall–Kier alpha value is -4.46. The summed E-state index contributed by atoms with van der Waals surface area (Å²) in [6, 6.07) is 32.7. The maximum Gasteiger partial charge on any atom is 0.339 e. The molecular weight excluding hydrogens is 564 g/mol. The van der Waals surface area contributed by atoms with E-state index in [2.05, 4.69) is 16.7 Å². The number of piperidine rings is 2. The second-order valence-electron chi connectivity index (χ2n) is 12.0. The van der Waals surface area contributed by atoms with Crippen molar-refractivity contribution in [2.75, 3.05) is 26.2 Å². The smallest absolute Gasteiger partial charge is 0.339 e. The molecule has 0 unspecified atom stereocenters. The molecule has 45 heavy (non-hydrogen) atoms. The van der Waals surface area contributed by atoms with E-state index in [-0.39, 0.29) is 11.9 Å². The highest BCUT2D eigenvalue weighted by Gasteiger charge is 2.39. The summed E-state index contributed by atoms with van der Waals surface area (Å²) in [5, 5.41) is 6.76. The SMILES string of the molecule is Cc1cc(C(=O)OC2(c3ccccc3)CCNCC2)ccc1OCc1cccc(C2(OC(=O)c3ccccc3)CCNCC2)c1. The van der Waals surface area contributed by atoms with E-state index in [1.807, 2.05) is 85.8 Å². The van der Waals surface area contributed by atoms with Gasteiger partial charge in [-0.25, -0.2) is 9.59 Å². The number of esters is 2. The number of rotatable bonds is 9. The Kier molecular flexibility index (Phi) is 9.29. The third kappa shape index (κ3) is 6.95. The van der Waals surface area contributed by atoms with Crippen molar-refractivity contribution < 1.29 is 23.8 Å². The monoisotopic (exact) mass is 604 g/mol. The molecule has 4 aromatic carbocycles. The Morgan fingerprint density at radius 1 is 0.622 bits per heavy atom. The average molecular weight is 605 g/mol. The van der Waals surface area contributed by atoms with Crippen LogP contribution in [0.15, 0.2) is 103 Å². The highest BCUT2D eigenvalue weighted by molar-refractivity contribution is 5.90. The first kappa shape index (κ1) is 30.6. The van der Waals surface area contributed by atoms with E-state index in [1.165, 1.54) is 0 Å². The molecule has 2 fully saturated rings. The lowest BCUT2D eigenvalue weighted by Crippen LogP contribution is -2.43. The Balaban J connectivity index is 1.14. The number of carbonyl (C=O) groups is 2. The van der Waals surface area contributed by atoms with Gasteiger partial charge in [0.05, 0.1) is 11.1 Å². The fourth-order valence-corrected chi connectivity index (χ4v) is 6.39. The maximum absolute atomic E-state index is 13.4. The van der Waals surface area contributed by atoms with Gasteiger partial charge in [-0.15, -0.1) is 0 Å². The molecule has 0 atom stereocenters. The van der Waals surface area contributed by atoms with Crippen LogP contribution in [0.5, 0.6) is 5.75 Å². The second-order valence-corrected chi connectivity index (χ2v) is 12.0. The van der Waals surface area contributed by atoms with Gasteiger partial charge in [-0.2, -0.15) is 0 Å². The fraction of sp³-hybridized carbons (Fsp3) is 0.316. The predicted octanol–water partition coefficient (Wildman–Crippen LogP) is 6.45. The molecule has 6 rings (SSSR count). The molecule has 2 saturated heterocycles. The lowest BCUT2D eigenvalue weighted by Gasteiger charge is -2.37. The first-order valence-corrected chi connectivity index (χ1v) is 15.8. The molecule has 2 heterocycles. The van der Waals surface area contributed by atoms with Crippen molar-refractivity contribution in [3.05, 3.63) is 137 Å². The third-order valence-corrected chi connectivity index (χ3v) is 8.97. The predicted molar refractivity (Wildman–Crippen MR) is 173 cm³/mol. The Bertz CT molecular complexity index is 1610. The molecule has 0 amide bonds. The lowest BCUT2D eigenvalue weighted by molar-refractivity contribution is -0.0386. The molecular formula is C38H40N2O5. The van der Waals surface area contributed by atoms with Crippen LogP contribution in [-0.4, -0.2) is 38.1 Å². The summed E-state index contributed by atoms with van der Waals surface area (Å²) in [5.41, 5.74) is 3.52. The normalized spacial score (nSPS) is 17.2. The van der Waals surface area contributed by atoms with Gasteiger partial charge in [0, 0.05) is 25.7 Å². The van der Waals surface area contributed by atoms with Crippen LogP contribution < -0.4 is 15.4 Å². The first-order valence-electron chi connectivity index (χ1n) is 15.8. The van der Waals surface area contributed by atoms with Crippen LogP contribution in [0.25, 0.3) is 0 Å². The topological polar surface area (TPSA) is 85.9 Å². The molecule has 7 nitrogen and oxygen atoms in total. The summed E-state index contributed by atoms with van der Waals surface area (Å²) in [6.07, 6.45) is 2.83. The van der Waals surface area contributed by atoms with Crippen molar-refractivity contribution in [2.24, 2.45) is 0 Å². The van der Waals surface area contributed by atoms with Crippen LogP contribution in [-0.2, 0) is 27.3 Å². The zero-order valence-corrected chi connectivity index (χ0v) is 25.7. The molecule has 0 spiro atoms. The van der Waals surface area contributed by atoms with Gasteiger partial charge in [0.2, 0.25) is 0 Å².